The quantitative estimate of drug-likeness (QED) is 0.749. The molecular formula is C13H16O4. The van der Waals surface area contributed by atoms with Crippen molar-refractivity contribution in [1.82, 2.24) is 0 Å². The van der Waals surface area contributed by atoms with Crippen molar-refractivity contribution < 1.29 is 19.0 Å². The molecule has 0 saturated carbocycles. The van der Waals surface area contributed by atoms with Crippen LogP contribution in [0.4, 0.5) is 0 Å². The first-order valence-electron chi connectivity index (χ1n) is 5.71. The van der Waals surface area contributed by atoms with Crippen molar-refractivity contribution in [3.05, 3.63) is 29.8 Å². The molecule has 1 saturated heterocycles. The molecule has 1 fully saturated rings. The summed E-state index contributed by atoms with van der Waals surface area (Å²) >= 11 is 0. The lowest BCUT2D eigenvalue weighted by Crippen LogP contribution is -2.21. The highest BCUT2D eigenvalue weighted by molar-refractivity contribution is 5.74. The van der Waals surface area contributed by atoms with Gasteiger partial charge in [0.2, 0.25) is 0 Å². The molecule has 0 bridgehead atoms. The Morgan fingerprint density at radius 1 is 1.41 bits per heavy atom. The van der Waals surface area contributed by atoms with Crippen LogP contribution >= 0.6 is 0 Å². The number of ether oxygens (including phenoxy) is 3. The maximum absolute atomic E-state index is 11.6. The summed E-state index contributed by atoms with van der Waals surface area (Å²) < 4.78 is 15.5. The van der Waals surface area contributed by atoms with Crippen molar-refractivity contribution in [3.8, 4) is 5.75 Å². The summed E-state index contributed by atoms with van der Waals surface area (Å²) in [5.41, 5.74) is 0.942. The molecular weight excluding hydrogens is 220 g/mol. The molecule has 1 heterocycles. The highest BCUT2D eigenvalue weighted by Crippen LogP contribution is 2.15. The van der Waals surface area contributed by atoms with Crippen LogP contribution in [0.1, 0.15) is 18.4 Å². The standard InChI is InChI=1S/C13H16O4/c1-15-11-6-4-10(5-7-11)9-17-13(14)12-3-2-8-16-12/h4-7,12H,2-3,8-9H2,1H3. The van der Waals surface area contributed by atoms with Gasteiger partial charge in [-0.1, -0.05) is 12.1 Å². The van der Waals surface area contributed by atoms with E-state index >= 15 is 0 Å². The second-order valence-electron chi connectivity index (χ2n) is 3.96. The first kappa shape index (κ1) is 11.9. The minimum absolute atomic E-state index is 0.265. The minimum Gasteiger partial charge on any atom is -0.497 e. The average molecular weight is 236 g/mol. The fraction of sp³-hybridized carbons (Fsp3) is 0.462. The molecule has 0 aromatic heterocycles. The van der Waals surface area contributed by atoms with Gasteiger partial charge in [-0.15, -0.1) is 0 Å². The van der Waals surface area contributed by atoms with Crippen LogP contribution in [0.15, 0.2) is 24.3 Å². The van der Waals surface area contributed by atoms with Gasteiger partial charge < -0.3 is 14.2 Å². The van der Waals surface area contributed by atoms with Gasteiger partial charge in [0.15, 0.2) is 6.10 Å². The highest BCUT2D eigenvalue weighted by Gasteiger charge is 2.24. The molecule has 1 aliphatic heterocycles. The number of esters is 1. The summed E-state index contributed by atoms with van der Waals surface area (Å²) in [6.07, 6.45) is 1.33. The van der Waals surface area contributed by atoms with Gasteiger partial charge in [0, 0.05) is 6.61 Å². The summed E-state index contributed by atoms with van der Waals surface area (Å²) in [4.78, 5) is 11.6. The third-order valence-electron chi connectivity index (χ3n) is 2.73. The number of benzene rings is 1. The Bertz CT molecular complexity index is 366. The summed E-state index contributed by atoms with van der Waals surface area (Å²) in [6, 6.07) is 7.44. The summed E-state index contributed by atoms with van der Waals surface area (Å²) in [7, 11) is 1.62. The normalized spacial score (nSPS) is 19.0. The molecule has 4 heteroatoms. The highest BCUT2D eigenvalue weighted by atomic mass is 16.6. The molecule has 0 amide bonds. The number of carbonyl (C=O) groups excluding carboxylic acids is 1. The van der Waals surface area contributed by atoms with Crippen LogP contribution < -0.4 is 4.74 Å². The van der Waals surface area contributed by atoms with Crippen LogP contribution in [0.25, 0.3) is 0 Å². The fourth-order valence-electron chi connectivity index (χ4n) is 1.73. The van der Waals surface area contributed by atoms with Crippen molar-refractivity contribution in [2.45, 2.75) is 25.6 Å². The zero-order chi connectivity index (χ0) is 12.1. The van der Waals surface area contributed by atoms with Gasteiger partial charge in [-0.3, -0.25) is 0 Å². The molecule has 1 aromatic carbocycles. The Morgan fingerprint density at radius 2 is 2.18 bits per heavy atom. The van der Waals surface area contributed by atoms with Crippen LogP contribution in [-0.2, 0) is 20.9 Å². The Labute approximate surface area is 100 Å². The van der Waals surface area contributed by atoms with Gasteiger partial charge in [-0.2, -0.15) is 0 Å². The van der Waals surface area contributed by atoms with Crippen molar-refractivity contribution in [2.75, 3.05) is 13.7 Å². The second kappa shape index (κ2) is 5.68. The lowest BCUT2D eigenvalue weighted by atomic mass is 10.2. The monoisotopic (exact) mass is 236 g/mol. The molecule has 1 atom stereocenters. The number of hydrogen-bond acceptors (Lipinski definition) is 4. The molecule has 92 valence electrons. The van der Waals surface area contributed by atoms with Gasteiger partial charge >= 0.3 is 5.97 Å². The van der Waals surface area contributed by atoms with Gasteiger partial charge in [0.25, 0.3) is 0 Å². The predicted octanol–water partition coefficient (Wildman–Crippen LogP) is 1.92. The lowest BCUT2D eigenvalue weighted by molar-refractivity contribution is -0.155. The van der Waals surface area contributed by atoms with Crippen LogP contribution in [0.2, 0.25) is 0 Å². The topological polar surface area (TPSA) is 44.8 Å². The number of carbonyl (C=O) groups is 1. The number of rotatable bonds is 4. The van der Waals surface area contributed by atoms with E-state index in [0.29, 0.717) is 6.61 Å². The molecule has 2 rings (SSSR count). The molecule has 1 aromatic rings. The molecule has 0 N–H and O–H groups in total. The minimum atomic E-state index is -0.367. The summed E-state index contributed by atoms with van der Waals surface area (Å²) in [5.74, 6) is 0.525. The fourth-order valence-corrected chi connectivity index (χ4v) is 1.73. The molecule has 4 nitrogen and oxygen atoms in total. The summed E-state index contributed by atoms with van der Waals surface area (Å²) in [6.45, 7) is 0.936. The van der Waals surface area contributed by atoms with Gasteiger partial charge in [-0.25, -0.2) is 4.79 Å². The van der Waals surface area contributed by atoms with Crippen molar-refractivity contribution in [2.24, 2.45) is 0 Å². The molecule has 0 aliphatic carbocycles. The van der Waals surface area contributed by atoms with Crippen LogP contribution in [0, 0.1) is 0 Å². The van der Waals surface area contributed by atoms with Gasteiger partial charge in [-0.05, 0) is 30.5 Å². The largest absolute Gasteiger partial charge is 0.497 e. The Morgan fingerprint density at radius 3 is 2.76 bits per heavy atom. The van der Waals surface area contributed by atoms with Crippen molar-refractivity contribution in [3.63, 3.8) is 0 Å². The lowest BCUT2D eigenvalue weighted by Gasteiger charge is -2.09. The van der Waals surface area contributed by atoms with Gasteiger partial charge in [0.1, 0.15) is 12.4 Å². The van der Waals surface area contributed by atoms with E-state index < -0.39 is 0 Å². The molecule has 0 spiro atoms. The molecule has 1 aliphatic rings. The van der Waals surface area contributed by atoms with Crippen LogP contribution in [0.3, 0.4) is 0 Å². The van der Waals surface area contributed by atoms with E-state index in [9.17, 15) is 4.79 Å². The maximum Gasteiger partial charge on any atom is 0.335 e. The van der Waals surface area contributed by atoms with E-state index in [1.165, 1.54) is 0 Å². The average Bonchev–Trinajstić information content (AvgIpc) is 2.90. The SMILES string of the molecule is COc1ccc(COC(=O)C2CCCO2)cc1. The summed E-state index contributed by atoms with van der Waals surface area (Å²) in [5, 5.41) is 0. The number of hydrogen-bond donors (Lipinski definition) is 0. The maximum atomic E-state index is 11.6. The predicted molar refractivity (Wildman–Crippen MR) is 61.8 cm³/mol. The van der Waals surface area contributed by atoms with E-state index in [0.717, 1.165) is 24.2 Å². The van der Waals surface area contributed by atoms with Crippen LogP contribution in [0.5, 0.6) is 5.75 Å². The first-order chi connectivity index (χ1) is 8.29. The van der Waals surface area contributed by atoms with Gasteiger partial charge in [0.05, 0.1) is 7.11 Å². The Kier molecular flexibility index (Phi) is 3.98. The van der Waals surface area contributed by atoms with E-state index in [1.807, 2.05) is 24.3 Å². The van der Waals surface area contributed by atoms with E-state index in [2.05, 4.69) is 0 Å². The van der Waals surface area contributed by atoms with Crippen LogP contribution in [-0.4, -0.2) is 25.8 Å². The zero-order valence-electron chi connectivity index (χ0n) is 9.85. The Hall–Kier alpha value is -1.55. The molecule has 17 heavy (non-hydrogen) atoms. The van der Waals surface area contributed by atoms with Crippen molar-refractivity contribution >= 4 is 5.97 Å². The smallest absolute Gasteiger partial charge is 0.335 e. The molecule has 0 radical (unpaired) electrons. The Balaban J connectivity index is 1.82. The third-order valence-corrected chi connectivity index (χ3v) is 2.73. The second-order valence-corrected chi connectivity index (χ2v) is 3.96. The van der Waals surface area contributed by atoms with E-state index in [-0.39, 0.29) is 18.7 Å². The zero-order valence-corrected chi connectivity index (χ0v) is 9.85. The third kappa shape index (κ3) is 3.20. The van der Waals surface area contributed by atoms with E-state index in [4.69, 9.17) is 14.2 Å². The first-order valence-corrected chi connectivity index (χ1v) is 5.71. The molecule has 1 unspecified atom stereocenters. The number of methoxy groups -OCH3 is 1. The van der Waals surface area contributed by atoms with Crippen molar-refractivity contribution in [1.29, 1.82) is 0 Å². The van der Waals surface area contributed by atoms with E-state index in [1.54, 1.807) is 7.11 Å².